The first kappa shape index (κ1) is 6.69. The summed E-state index contributed by atoms with van der Waals surface area (Å²) in [5, 5.41) is 8.43. The predicted octanol–water partition coefficient (Wildman–Crippen LogP) is 0.883. The van der Waals surface area contributed by atoms with Crippen LogP contribution in [0.2, 0.25) is 0 Å². The van der Waals surface area contributed by atoms with Crippen LogP contribution < -0.4 is 4.90 Å². The molecule has 52 valence electrons. The highest BCUT2D eigenvalue weighted by Crippen LogP contribution is 2.09. The van der Waals surface area contributed by atoms with E-state index in [1.165, 1.54) is 4.57 Å². The highest BCUT2D eigenvalue weighted by atomic mass is 15.1. The second kappa shape index (κ2) is 2.44. The minimum absolute atomic E-state index is 1.04. The Labute approximate surface area is 60.1 Å². The molecule has 1 rings (SSSR count). The van der Waals surface area contributed by atoms with Crippen molar-refractivity contribution in [2.45, 2.75) is 0 Å². The number of rotatable bonds is 1. The van der Waals surface area contributed by atoms with Gasteiger partial charge in [0.15, 0.2) is 6.19 Å². The average Bonchev–Trinajstić information content (AvgIpc) is 2.34. The summed E-state index contributed by atoms with van der Waals surface area (Å²) in [5.41, 5.74) is 1.04. The third-order valence-electron chi connectivity index (χ3n) is 1.31. The fourth-order valence-electron chi connectivity index (χ4n) is 0.712. The lowest BCUT2D eigenvalue weighted by Crippen LogP contribution is -2.07. The van der Waals surface area contributed by atoms with Crippen LogP contribution in [0.4, 0.5) is 5.69 Å². The summed E-state index contributed by atoms with van der Waals surface area (Å²) in [5.74, 6) is 0. The van der Waals surface area contributed by atoms with Crippen molar-refractivity contribution in [1.82, 2.24) is 4.57 Å². The van der Waals surface area contributed by atoms with Crippen molar-refractivity contribution in [3.63, 3.8) is 0 Å². The van der Waals surface area contributed by atoms with Gasteiger partial charge in [0, 0.05) is 26.5 Å². The Bertz CT molecular complexity index is 254. The van der Waals surface area contributed by atoms with Crippen molar-refractivity contribution >= 4 is 5.69 Å². The van der Waals surface area contributed by atoms with Gasteiger partial charge in [0.25, 0.3) is 0 Å². The Kier molecular flexibility index (Phi) is 1.63. The zero-order valence-electron chi connectivity index (χ0n) is 6.07. The van der Waals surface area contributed by atoms with Gasteiger partial charge in [-0.05, 0) is 6.07 Å². The van der Waals surface area contributed by atoms with Gasteiger partial charge in [-0.15, -0.1) is 0 Å². The van der Waals surface area contributed by atoms with Crippen molar-refractivity contribution in [2.24, 2.45) is 0 Å². The summed E-state index contributed by atoms with van der Waals surface area (Å²) >= 11 is 0. The maximum absolute atomic E-state index is 8.43. The normalized spacial score (nSPS) is 8.90. The number of hydrogen-bond donors (Lipinski definition) is 0. The fourth-order valence-corrected chi connectivity index (χ4v) is 0.712. The first-order valence-electron chi connectivity index (χ1n) is 2.99. The third kappa shape index (κ3) is 1.11. The number of anilines is 1. The van der Waals surface area contributed by atoms with Gasteiger partial charge in [-0.3, -0.25) is 4.57 Å². The van der Waals surface area contributed by atoms with Gasteiger partial charge in [0.1, 0.15) is 0 Å². The summed E-state index contributed by atoms with van der Waals surface area (Å²) in [6.07, 6.45) is 5.50. The van der Waals surface area contributed by atoms with Crippen LogP contribution in [0.25, 0.3) is 0 Å². The summed E-state index contributed by atoms with van der Waals surface area (Å²) in [6.45, 7) is 0. The maximum Gasteiger partial charge on any atom is 0.188 e. The SMILES string of the molecule is CN(C)c1ccn(C#N)c1. The van der Waals surface area contributed by atoms with E-state index >= 15 is 0 Å². The van der Waals surface area contributed by atoms with Crippen LogP contribution >= 0.6 is 0 Å². The summed E-state index contributed by atoms with van der Waals surface area (Å²) < 4.78 is 1.47. The summed E-state index contributed by atoms with van der Waals surface area (Å²) in [7, 11) is 3.88. The molecule has 0 aliphatic carbocycles. The molecule has 0 radical (unpaired) electrons. The zero-order valence-corrected chi connectivity index (χ0v) is 6.07. The number of hydrogen-bond acceptors (Lipinski definition) is 2. The number of nitrogens with zero attached hydrogens (tertiary/aromatic N) is 3. The van der Waals surface area contributed by atoms with Gasteiger partial charge >= 0.3 is 0 Å². The van der Waals surface area contributed by atoms with Crippen LogP contribution in [0.5, 0.6) is 0 Å². The molecule has 0 atom stereocenters. The lowest BCUT2D eigenvalue weighted by molar-refractivity contribution is 1.08. The minimum Gasteiger partial charge on any atom is -0.376 e. The zero-order chi connectivity index (χ0) is 7.56. The van der Waals surface area contributed by atoms with Gasteiger partial charge in [-0.2, -0.15) is 5.26 Å². The standard InChI is InChI=1S/C7H9N3/c1-9(2)7-3-4-10(5-7)6-8/h3-5H,1-2H3. The fraction of sp³-hybridized carbons (Fsp3) is 0.286. The van der Waals surface area contributed by atoms with Crippen LogP contribution in [0.1, 0.15) is 0 Å². The van der Waals surface area contributed by atoms with E-state index < -0.39 is 0 Å². The van der Waals surface area contributed by atoms with Gasteiger partial charge in [-0.25, -0.2) is 0 Å². The first-order chi connectivity index (χ1) is 4.74. The number of aromatic nitrogens is 1. The molecule has 1 aromatic rings. The van der Waals surface area contributed by atoms with Crippen molar-refractivity contribution in [2.75, 3.05) is 19.0 Å². The molecule has 0 amide bonds. The minimum atomic E-state index is 1.04. The molecule has 3 heteroatoms. The van der Waals surface area contributed by atoms with Crippen molar-refractivity contribution in [3.05, 3.63) is 18.5 Å². The van der Waals surface area contributed by atoms with Crippen LogP contribution in [0.3, 0.4) is 0 Å². The predicted molar refractivity (Wildman–Crippen MR) is 39.8 cm³/mol. The molecule has 0 fully saturated rings. The lowest BCUT2D eigenvalue weighted by Gasteiger charge is -2.07. The molecular formula is C7H9N3. The topological polar surface area (TPSA) is 32.0 Å². The highest BCUT2D eigenvalue weighted by molar-refractivity contribution is 5.43. The van der Waals surface area contributed by atoms with Gasteiger partial charge in [0.2, 0.25) is 0 Å². The first-order valence-corrected chi connectivity index (χ1v) is 2.99. The molecule has 0 aliphatic heterocycles. The molecule has 1 heterocycles. The van der Waals surface area contributed by atoms with Crippen LogP contribution in [-0.4, -0.2) is 18.7 Å². The average molecular weight is 135 g/mol. The molecule has 10 heavy (non-hydrogen) atoms. The quantitative estimate of drug-likeness (QED) is 0.572. The van der Waals surface area contributed by atoms with Crippen LogP contribution in [-0.2, 0) is 0 Å². The Hall–Kier alpha value is -1.43. The van der Waals surface area contributed by atoms with Crippen molar-refractivity contribution < 1.29 is 0 Å². The van der Waals surface area contributed by atoms with E-state index in [1.54, 1.807) is 12.4 Å². The van der Waals surface area contributed by atoms with E-state index in [2.05, 4.69) is 0 Å². The molecule has 1 aromatic heterocycles. The van der Waals surface area contributed by atoms with Gasteiger partial charge < -0.3 is 4.90 Å². The van der Waals surface area contributed by atoms with Crippen molar-refractivity contribution in [1.29, 1.82) is 5.26 Å². The second-order valence-electron chi connectivity index (χ2n) is 2.27. The Morgan fingerprint density at radius 3 is 2.60 bits per heavy atom. The molecule has 0 unspecified atom stereocenters. The molecule has 0 saturated heterocycles. The summed E-state index contributed by atoms with van der Waals surface area (Å²) in [6, 6.07) is 1.89. The van der Waals surface area contributed by atoms with E-state index in [0.29, 0.717) is 0 Å². The number of nitriles is 1. The molecule has 0 N–H and O–H groups in total. The Balaban J connectivity index is 2.91. The monoisotopic (exact) mass is 135 g/mol. The van der Waals surface area contributed by atoms with E-state index in [0.717, 1.165) is 5.69 Å². The third-order valence-corrected chi connectivity index (χ3v) is 1.31. The van der Waals surface area contributed by atoms with Crippen LogP contribution in [0, 0.1) is 11.5 Å². The largest absolute Gasteiger partial charge is 0.376 e. The van der Waals surface area contributed by atoms with Gasteiger partial charge in [-0.1, -0.05) is 0 Å². The molecule has 0 spiro atoms. The highest BCUT2D eigenvalue weighted by Gasteiger charge is 1.95. The van der Waals surface area contributed by atoms with E-state index in [9.17, 15) is 0 Å². The molecule has 0 aromatic carbocycles. The maximum atomic E-state index is 8.43. The smallest absolute Gasteiger partial charge is 0.188 e. The second-order valence-corrected chi connectivity index (χ2v) is 2.27. The van der Waals surface area contributed by atoms with Gasteiger partial charge in [0.05, 0.1) is 5.69 Å². The molecule has 0 aliphatic rings. The van der Waals surface area contributed by atoms with E-state index in [1.807, 2.05) is 31.3 Å². The van der Waals surface area contributed by atoms with E-state index in [4.69, 9.17) is 5.26 Å². The summed E-state index contributed by atoms with van der Waals surface area (Å²) in [4.78, 5) is 1.95. The molecular weight excluding hydrogens is 126 g/mol. The van der Waals surface area contributed by atoms with Crippen LogP contribution in [0.15, 0.2) is 18.5 Å². The van der Waals surface area contributed by atoms with Crippen molar-refractivity contribution in [3.8, 4) is 6.19 Å². The molecule has 0 saturated carbocycles. The Morgan fingerprint density at radius 1 is 1.60 bits per heavy atom. The van der Waals surface area contributed by atoms with E-state index in [-0.39, 0.29) is 0 Å². The molecule has 0 bridgehead atoms. The molecule has 3 nitrogen and oxygen atoms in total. The Morgan fingerprint density at radius 2 is 2.30 bits per heavy atom. The lowest BCUT2D eigenvalue weighted by atomic mass is 10.5.